The summed E-state index contributed by atoms with van der Waals surface area (Å²) in [5.41, 5.74) is 7.86. The highest BCUT2D eigenvalue weighted by Crippen LogP contribution is 2.26. The van der Waals surface area contributed by atoms with E-state index in [4.69, 9.17) is 4.98 Å². The topological polar surface area (TPSA) is 61.4 Å². The number of benzene rings is 2. The fraction of sp³-hybridized carbons (Fsp3) is 0.370. The maximum absolute atomic E-state index is 12.9. The van der Waals surface area contributed by atoms with E-state index in [-0.39, 0.29) is 6.03 Å². The van der Waals surface area contributed by atoms with Gasteiger partial charge in [-0.15, -0.1) is 0 Å². The van der Waals surface area contributed by atoms with Crippen LogP contribution in [0.2, 0.25) is 0 Å². The third-order valence-corrected chi connectivity index (χ3v) is 6.52. The number of rotatable bonds is 4. The Bertz CT molecular complexity index is 1150. The van der Waals surface area contributed by atoms with Gasteiger partial charge >= 0.3 is 6.03 Å². The van der Waals surface area contributed by atoms with Crippen molar-refractivity contribution in [2.24, 2.45) is 0 Å². The average molecular weight is 444 g/mol. The zero-order chi connectivity index (χ0) is 23.5. The number of urea groups is 1. The molecule has 172 valence electrons. The fourth-order valence-corrected chi connectivity index (χ4v) is 4.30. The van der Waals surface area contributed by atoms with Crippen LogP contribution < -0.4 is 10.2 Å². The summed E-state index contributed by atoms with van der Waals surface area (Å²) in [6.07, 6.45) is 0.801. The lowest BCUT2D eigenvalue weighted by Crippen LogP contribution is -2.50. The Kier molecular flexibility index (Phi) is 6.63. The van der Waals surface area contributed by atoms with Gasteiger partial charge in [0.1, 0.15) is 11.6 Å². The van der Waals surface area contributed by atoms with Crippen LogP contribution >= 0.6 is 0 Å². The van der Waals surface area contributed by atoms with Gasteiger partial charge in [0, 0.05) is 49.5 Å². The normalized spacial score (nSPS) is 13.8. The van der Waals surface area contributed by atoms with E-state index in [0.717, 1.165) is 53.7 Å². The van der Waals surface area contributed by atoms with Gasteiger partial charge < -0.3 is 15.1 Å². The number of aromatic nitrogens is 2. The zero-order valence-electron chi connectivity index (χ0n) is 20.3. The summed E-state index contributed by atoms with van der Waals surface area (Å²) in [6, 6.07) is 14.6. The summed E-state index contributed by atoms with van der Waals surface area (Å²) in [5, 5.41) is 3.09. The number of nitrogens with one attached hydrogen (secondary N) is 1. The number of amides is 2. The molecule has 6 heteroatoms. The number of nitrogens with zero attached hydrogens (tertiary/aromatic N) is 4. The molecule has 1 fully saturated rings. The quantitative estimate of drug-likeness (QED) is 0.619. The molecule has 1 aliphatic heterocycles. The van der Waals surface area contributed by atoms with Gasteiger partial charge in [0.05, 0.1) is 0 Å². The van der Waals surface area contributed by atoms with Gasteiger partial charge in [0.15, 0.2) is 0 Å². The molecule has 1 N–H and O–H groups in total. The van der Waals surface area contributed by atoms with Crippen LogP contribution in [0.5, 0.6) is 0 Å². The van der Waals surface area contributed by atoms with Crippen LogP contribution in [-0.4, -0.2) is 47.1 Å². The van der Waals surface area contributed by atoms with Gasteiger partial charge in [-0.25, -0.2) is 14.8 Å². The Balaban J connectivity index is 1.47. The van der Waals surface area contributed by atoms with Gasteiger partial charge in [-0.3, -0.25) is 0 Å². The van der Waals surface area contributed by atoms with E-state index in [0.29, 0.717) is 13.1 Å². The average Bonchev–Trinajstić information content (AvgIpc) is 2.80. The standard InChI is InChI=1S/C27H33N5O/c1-18-9-11-23(12-10-18)17-24-21(4)28-22(5)29-26(24)31-13-15-32(16-14-31)27(33)30-25-8-6-7-19(2)20(25)3/h6-12H,13-17H2,1-5H3,(H,30,33). The first-order chi connectivity index (χ1) is 15.8. The highest BCUT2D eigenvalue weighted by molar-refractivity contribution is 5.90. The van der Waals surface area contributed by atoms with Crippen molar-refractivity contribution >= 4 is 17.5 Å². The Morgan fingerprint density at radius 1 is 0.909 bits per heavy atom. The number of hydrogen-bond donors (Lipinski definition) is 1. The smallest absolute Gasteiger partial charge is 0.321 e. The number of anilines is 2. The molecule has 0 saturated carbocycles. The first kappa shape index (κ1) is 22.8. The summed E-state index contributed by atoms with van der Waals surface area (Å²) < 4.78 is 0. The predicted molar refractivity (Wildman–Crippen MR) is 134 cm³/mol. The van der Waals surface area contributed by atoms with E-state index in [1.54, 1.807) is 0 Å². The number of carbonyl (C=O) groups is 1. The molecular weight excluding hydrogens is 410 g/mol. The molecule has 0 bridgehead atoms. The highest BCUT2D eigenvalue weighted by atomic mass is 16.2. The van der Waals surface area contributed by atoms with Crippen molar-refractivity contribution in [2.75, 3.05) is 36.4 Å². The molecule has 3 aromatic rings. The minimum absolute atomic E-state index is 0.0433. The summed E-state index contributed by atoms with van der Waals surface area (Å²) in [5.74, 6) is 1.78. The van der Waals surface area contributed by atoms with Crippen LogP contribution in [-0.2, 0) is 6.42 Å². The van der Waals surface area contributed by atoms with Gasteiger partial charge in [-0.2, -0.15) is 0 Å². The molecule has 6 nitrogen and oxygen atoms in total. The number of piperazine rings is 1. The molecular formula is C27H33N5O. The van der Waals surface area contributed by atoms with Gasteiger partial charge in [-0.05, 0) is 57.4 Å². The molecule has 2 aromatic carbocycles. The Hall–Kier alpha value is -3.41. The highest BCUT2D eigenvalue weighted by Gasteiger charge is 2.25. The second kappa shape index (κ2) is 9.61. The van der Waals surface area contributed by atoms with E-state index in [2.05, 4.69) is 66.3 Å². The van der Waals surface area contributed by atoms with Crippen LogP contribution in [0, 0.1) is 34.6 Å². The van der Waals surface area contributed by atoms with E-state index < -0.39 is 0 Å². The van der Waals surface area contributed by atoms with E-state index in [9.17, 15) is 4.79 Å². The third kappa shape index (κ3) is 5.16. The molecule has 33 heavy (non-hydrogen) atoms. The monoisotopic (exact) mass is 443 g/mol. The van der Waals surface area contributed by atoms with Crippen molar-refractivity contribution in [3.63, 3.8) is 0 Å². The van der Waals surface area contributed by atoms with Crippen LogP contribution in [0.1, 0.15) is 39.3 Å². The van der Waals surface area contributed by atoms with Crippen LogP contribution in [0.25, 0.3) is 0 Å². The molecule has 2 heterocycles. The molecule has 2 amide bonds. The molecule has 0 spiro atoms. The van der Waals surface area contributed by atoms with E-state index >= 15 is 0 Å². The molecule has 1 aliphatic rings. The fourth-order valence-electron chi connectivity index (χ4n) is 4.30. The van der Waals surface area contributed by atoms with Crippen molar-refractivity contribution in [1.29, 1.82) is 0 Å². The zero-order valence-corrected chi connectivity index (χ0v) is 20.3. The van der Waals surface area contributed by atoms with Crippen molar-refractivity contribution in [2.45, 2.75) is 41.0 Å². The lowest BCUT2D eigenvalue weighted by atomic mass is 10.0. The maximum Gasteiger partial charge on any atom is 0.321 e. The van der Waals surface area contributed by atoms with Crippen molar-refractivity contribution in [3.05, 3.63) is 81.8 Å². The number of carbonyl (C=O) groups excluding carboxylic acids is 1. The number of aryl methyl sites for hydroxylation is 4. The largest absolute Gasteiger partial charge is 0.353 e. The molecule has 1 saturated heterocycles. The first-order valence-electron chi connectivity index (χ1n) is 11.6. The van der Waals surface area contributed by atoms with E-state index in [1.807, 2.05) is 30.9 Å². The van der Waals surface area contributed by atoms with Crippen LogP contribution in [0.15, 0.2) is 42.5 Å². The van der Waals surface area contributed by atoms with Crippen molar-refractivity contribution < 1.29 is 4.79 Å². The molecule has 0 atom stereocenters. The van der Waals surface area contributed by atoms with Gasteiger partial charge in [0.25, 0.3) is 0 Å². The Morgan fingerprint density at radius 3 is 2.30 bits per heavy atom. The second-order valence-corrected chi connectivity index (χ2v) is 8.97. The van der Waals surface area contributed by atoms with Gasteiger partial charge in [-0.1, -0.05) is 42.0 Å². The predicted octanol–water partition coefficient (Wildman–Crippen LogP) is 4.96. The summed E-state index contributed by atoms with van der Waals surface area (Å²) in [7, 11) is 0. The van der Waals surface area contributed by atoms with Crippen LogP contribution in [0.3, 0.4) is 0 Å². The van der Waals surface area contributed by atoms with Crippen molar-refractivity contribution in [1.82, 2.24) is 14.9 Å². The lowest BCUT2D eigenvalue weighted by molar-refractivity contribution is 0.208. The third-order valence-electron chi connectivity index (χ3n) is 6.52. The summed E-state index contributed by atoms with van der Waals surface area (Å²) in [6.45, 7) is 13.0. The molecule has 4 rings (SSSR count). The second-order valence-electron chi connectivity index (χ2n) is 8.97. The molecule has 0 radical (unpaired) electrons. The van der Waals surface area contributed by atoms with Gasteiger partial charge in [0.2, 0.25) is 0 Å². The van der Waals surface area contributed by atoms with Crippen molar-refractivity contribution in [3.8, 4) is 0 Å². The minimum Gasteiger partial charge on any atom is -0.353 e. The molecule has 1 aromatic heterocycles. The minimum atomic E-state index is -0.0433. The van der Waals surface area contributed by atoms with E-state index in [1.165, 1.54) is 16.7 Å². The van der Waals surface area contributed by atoms with Crippen LogP contribution in [0.4, 0.5) is 16.3 Å². The summed E-state index contributed by atoms with van der Waals surface area (Å²) in [4.78, 5) is 26.5. The number of hydrogen-bond acceptors (Lipinski definition) is 4. The Labute approximate surface area is 196 Å². The molecule has 0 aliphatic carbocycles. The Morgan fingerprint density at radius 2 is 1.61 bits per heavy atom. The first-order valence-corrected chi connectivity index (χ1v) is 11.6. The molecule has 0 unspecified atom stereocenters. The SMILES string of the molecule is Cc1ccc(Cc2c(C)nc(C)nc2N2CCN(C(=O)Nc3cccc(C)c3C)CC2)cc1. The summed E-state index contributed by atoms with van der Waals surface area (Å²) >= 11 is 0. The lowest BCUT2D eigenvalue weighted by Gasteiger charge is -2.36. The maximum atomic E-state index is 12.9.